The minimum Gasteiger partial charge on any atom is -0.496 e. The van der Waals surface area contributed by atoms with E-state index in [-0.39, 0.29) is 6.79 Å². The number of rotatable bonds is 4. The van der Waals surface area contributed by atoms with Crippen LogP contribution in [0.1, 0.15) is 12.5 Å². The number of ether oxygens (including phenoxy) is 3. The van der Waals surface area contributed by atoms with Crippen molar-refractivity contribution in [2.45, 2.75) is 18.8 Å². The molecule has 1 aromatic carbocycles. The van der Waals surface area contributed by atoms with Crippen LogP contribution in [0.2, 0.25) is 0 Å². The maximum absolute atomic E-state index is 6.08. The van der Waals surface area contributed by atoms with Gasteiger partial charge in [-0.15, -0.1) is 0 Å². The molecule has 2 radical (unpaired) electrons. The Morgan fingerprint density at radius 3 is 2.65 bits per heavy atom. The van der Waals surface area contributed by atoms with Crippen LogP contribution in [0.15, 0.2) is 12.1 Å². The first-order valence-corrected chi connectivity index (χ1v) is 5.50. The van der Waals surface area contributed by atoms with Gasteiger partial charge in [0.15, 0.2) is 11.5 Å². The quantitative estimate of drug-likeness (QED) is 0.789. The van der Waals surface area contributed by atoms with Gasteiger partial charge < -0.3 is 19.5 Å². The van der Waals surface area contributed by atoms with Crippen LogP contribution in [0.3, 0.4) is 0 Å². The second-order valence-electron chi connectivity index (χ2n) is 4.36. The molecular weight excluding hydrogens is 217 g/mol. The summed E-state index contributed by atoms with van der Waals surface area (Å²) in [7, 11) is 9.54. The molecule has 0 aliphatic carbocycles. The Balaban J connectivity index is 2.33. The summed E-state index contributed by atoms with van der Waals surface area (Å²) in [5.41, 5.74) is 0.511. The molecule has 1 heterocycles. The third kappa shape index (κ3) is 2.49. The van der Waals surface area contributed by atoms with E-state index in [9.17, 15) is 0 Å². The Hall–Kier alpha value is -1.36. The van der Waals surface area contributed by atoms with E-state index in [0.717, 1.165) is 17.1 Å². The van der Waals surface area contributed by atoms with Gasteiger partial charge in [0.2, 0.25) is 6.79 Å². The van der Waals surface area contributed by atoms with E-state index in [1.54, 1.807) is 7.11 Å². The van der Waals surface area contributed by atoms with Gasteiger partial charge in [-0.1, -0.05) is 6.92 Å². The van der Waals surface area contributed by atoms with Gasteiger partial charge in [-0.2, -0.15) is 0 Å². The molecule has 0 aromatic heterocycles. The Kier molecular flexibility index (Phi) is 3.20. The van der Waals surface area contributed by atoms with Crippen molar-refractivity contribution >= 4 is 7.85 Å². The van der Waals surface area contributed by atoms with Crippen molar-refractivity contribution in [2.24, 2.45) is 0 Å². The summed E-state index contributed by atoms with van der Waals surface area (Å²) in [5, 5.41) is 3.06. The highest BCUT2D eigenvalue weighted by molar-refractivity contribution is 6.15. The predicted molar refractivity (Wildman–Crippen MR) is 66.0 cm³/mol. The van der Waals surface area contributed by atoms with Gasteiger partial charge in [-0.25, -0.2) is 0 Å². The molecular formula is C12H16BNO3. The Bertz CT molecular complexity index is 420. The largest absolute Gasteiger partial charge is 0.496 e. The van der Waals surface area contributed by atoms with Gasteiger partial charge in [-0.3, -0.25) is 0 Å². The maximum atomic E-state index is 6.08. The van der Waals surface area contributed by atoms with Crippen LogP contribution in [-0.4, -0.2) is 34.2 Å². The highest BCUT2D eigenvalue weighted by Gasteiger charge is 2.22. The molecule has 90 valence electrons. The molecule has 0 saturated heterocycles. The average molecular weight is 233 g/mol. The number of methoxy groups -OCH3 is 1. The minimum absolute atomic E-state index is 0.258. The number of hydrogen-bond donors (Lipinski definition) is 1. The van der Waals surface area contributed by atoms with Crippen molar-refractivity contribution in [1.82, 2.24) is 5.32 Å². The third-order valence-corrected chi connectivity index (χ3v) is 2.90. The van der Waals surface area contributed by atoms with E-state index in [2.05, 4.69) is 5.32 Å². The number of fused-ring (bicyclic) bond motifs is 1. The first-order chi connectivity index (χ1) is 8.05. The minimum atomic E-state index is -0.485. The van der Waals surface area contributed by atoms with Gasteiger partial charge in [0.25, 0.3) is 0 Å². The summed E-state index contributed by atoms with van der Waals surface area (Å²) in [5.74, 6) is 2.22. The molecule has 1 N–H and O–H groups in total. The van der Waals surface area contributed by atoms with Gasteiger partial charge in [0.05, 0.1) is 15.0 Å². The normalized spacial score (nSPS) is 16.6. The Morgan fingerprint density at radius 2 is 2.06 bits per heavy atom. The van der Waals surface area contributed by atoms with E-state index in [1.165, 1.54) is 0 Å². The lowest BCUT2D eigenvalue weighted by Gasteiger charge is -2.25. The molecule has 0 spiro atoms. The van der Waals surface area contributed by atoms with E-state index in [0.29, 0.717) is 12.2 Å². The van der Waals surface area contributed by atoms with Gasteiger partial charge in [-0.05, 0) is 30.5 Å². The summed E-state index contributed by atoms with van der Waals surface area (Å²) in [6.45, 7) is 2.19. The van der Waals surface area contributed by atoms with Crippen molar-refractivity contribution in [1.29, 1.82) is 0 Å². The number of benzene rings is 1. The van der Waals surface area contributed by atoms with Crippen LogP contribution in [0.25, 0.3) is 0 Å². The lowest BCUT2D eigenvalue weighted by atomic mass is 9.75. The zero-order valence-electron chi connectivity index (χ0n) is 10.4. The molecule has 1 atom stereocenters. The van der Waals surface area contributed by atoms with Crippen LogP contribution < -0.4 is 19.5 Å². The second kappa shape index (κ2) is 4.49. The second-order valence-corrected chi connectivity index (χ2v) is 4.36. The molecule has 0 saturated carbocycles. The van der Waals surface area contributed by atoms with Gasteiger partial charge in [0.1, 0.15) is 5.75 Å². The third-order valence-electron chi connectivity index (χ3n) is 2.90. The summed E-state index contributed by atoms with van der Waals surface area (Å²) in [6.07, 6.45) is 0.642. The van der Waals surface area contributed by atoms with Crippen molar-refractivity contribution in [3.05, 3.63) is 17.7 Å². The van der Waals surface area contributed by atoms with Crippen LogP contribution in [0.4, 0.5) is 0 Å². The average Bonchev–Trinajstić information content (AvgIpc) is 2.74. The van der Waals surface area contributed by atoms with Gasteiger partial charge in [0, 0.05) is 6.07 Å². The molecule has 1 aliphatic rings. The van der Waals surface area contributed by atoms with Crippen molar-refractivity contribution < 1.29 is 14.2 Å². The topological polar surface area (TPSA) is 39.7 Å². The van der Waals surface area contributed by atoms with E-state index in [4.69, 9.17) is 22.1 Å². The lowest BCUT2D eigenvalue weighted by molar-refractivity contribution is 0.174. The fraction of sp³-hybridized carbons (Fsp3) is 0.500. The smallest absolute Gasteiger partial charge is 0.231 e. The van der Waals surface area contributed by atoms with Gasteiger partial charge >= 0.3 is 0 Å². The fourth-order valence-electron chi connectivity index (χ4n) is 1.78. The molecule has 0 bridgehead atoms. The van der Waals surface area contributed by atoms with E-state index in [1.807, 2.05) is 26.1 Å². The molecule has 1 aromatic rings. The molecule has 5 heteroatoms. The molecule has 17 heavy (non-hydrogen) atoms. The summed E-state index contributed by atoms with van der Waals surface area (Å²) >= 11 is 0. The lowest BCUT2D eigenvalue weighted by Crippen LogP contribution is -2.42. The van der Waals surface area contributed by atoms with Crippen molar-refractivity contribution in [3.63, 3.8) is 0 Å². The molecule has 0 fully saturated rings. The SMILES string of the molecule is [B]C(C)(Cc1cc2c(cc1OC)OCO2)NC. The van der Waals surface area contributed by atoms with Crippen LogP contribution in [0, 0.1) is 0 Å². The summed E-state index contributed by atoms with van der Waals surface area (Å²) in [6, 6.07) is 3.76. The van der Waals surface area contributed by atoms with Crippen LogP contribution in [0.5, 0.6) is 17.2 Å². The summed E-state index contributed by atoms with van der Waals surface area (Å²) in [4.78, 5) is 0. The van der Waals surface area contributed by atoms with E-state index >= 15 is 0 Å². The fourth-order valence-corrected chi connectivity index (χ4v) is 1.78. The molecule has 0 amide bonds. The maximum Gasteiger partial charge on any atom is 0.231 e. The first kappa shape index (κ1) is 12.1. The highest BCUT2D eigenvalue weighted by Crippen LogP contribution is 2.38. The predicted octanol–water partition coefficient (Wildman–Crippen LogP) is 1.07. The first-order valence-electron chi connectivity index (χ1n) is 5.50. The number of nitrogens with one attached hydrogen (secondary N) is 1. The zero-order valence-corrected chi connectivity index (χ0v) is 10.4. The Morgan fingerprint density at radius 1 is 1.41 bits per heavy atom. The number of likely N-dealkylation sites (N-methyl/N-ethyl adjacent to an activating group) is 1. The van der Waals surface area contributed by atoms with E-state index < -0.39 is 5.44 Å². The van der Waals surface area contributed by atoms with Crippen LogP contribution >= 0.6 is 0 Å². The van der Waals surface area contributed by atoms with Crippen molar-refractivity contribution in [2.75, 3.05) is 21.0 Å². The molecule has 1 aliphatic heterocycles. The zero-order chi connectivity index (χ0) is 12.5. The number of hydrogen-bond acceptors (Lipinski definition) is 4. The standard InChI is InChI=1S/C12H16BNO3/c1-12(13,14-2)6-8-4-10-11(17-7-16-10)5-9(8)15-3/h4-5,14H,6-7H2,1-3H3. The Labute approximate surface area is 103 Å². The monoisotopic (exact) mass is 233 g/mol. The molecule has 2 rings (SSSR count). The summed E-state index contributed by atoms with van der Waals surface area (Å²) < 4.78 is 16.0. The van der Waals surface area contributed by atoms with Crippen molar-refractivity contribution in [3.8, 4) is 17.2 Å². The molecule has 1 unspecified atom stereocenters. The molecule has 4 nitrogen and oxygen atoms in total. The highest BCUT2D eigenvalue weighted by atomic mass is 16.7. The van der Waals surface area contributed by atoms with Crippen LogP contribution in [-0.2, 0) is 6.42 Å².